The van der Waals surface area contributed by atoms with Crippen molar-refractivity contribution in [2.45, 2.75) is 13.5 Å². The van der Waals surface area contributed by atoms with E-state index in [-0.39, 0.29) is 0 Å². The van der Waals surface area contributed by atoms with Gasteiger partial charge in [0.1, 0.15) is 0 Å². The summed E-state index contributed by atoms with van der Waals surface area (Å²) in [6.45, 7) is 2.93. The Kier molecular flexibility index (Phi) is 3.64. The van der Waals surface area contributed by atoms with Crippen LogP contribution in [0.5, 0.6) is 0 Å². The molecule has 0 aliphatic carbocycles. The van der Waals surface area contributed by atoms with Crippen LogP contribution in [0.3, 0.4) is 0 Å². The molecule has 0 spiro atoms. The molecule has 2 rings (SSSR count). The second kappa shape index (κ2) is 5.37. The molecular weight excluding hydrogens is 220 g/mol. The van der Waals surface area contributed by atoms with Gasteiger partial charge in [-0.1, -0.05) is 35.9 Å². The Balaban J connectivity index is 2.14. The second-order valence-electron chi connectivity index (χ2n) is 4.50. The minimum Gasteiger partial charge on any atom is -0.370 e. The fourth-order valence-electron chi connectivity index (χ4n) is 1.87. The van der Waals surface area contributed by atoms with Crippen LogP contribution in [0.2, 0.25) is 0 Å². The molecule has 0 saturated carbocycles. The average molecular weight is 236 g/mol. The topological polar surface area (TPSA) is 27.0 Å². The van der Waals surface area contributed by atoms with Gasteiger partial charge in [0.05, 0.1) is 11.6 Å². The minimum atomic E-state index is 0.697. The van der Waals surface area contributed by atoms with E-state index in [2.05, 4.69) is 42.2 Å². The molecule has 0 saturated heterocycles. The lowest BCUT2D eigenvalue weighted by Gasteiger charge is -2.19. The average Bonchev–Trinajstić information content (AvgIpc) is 2.41. The Morgan fingerprint density at radius 2 is 1.83 bits per heavy atom. The van der Waals surface area contributed by atoms with Gasteiger partial charge in [-0.2, -0.15) is 5.26 Å². The standard InChI is InChI=1S/C16H16N2/c1-13-6-8-14(9-7-13)12-18(2)16-5-3-4-15(10-16)11-17/h3-10H,12H2,1-2H3. The van der Waals surface area contributed by atoms with Crippen LogP contribution in [0.15, 0.2) is 48.5 Å². The zero-order valence-electron chi connectivity index (χ0n) is 10.7. The van der Waals surface area contributed by atoms with Crippen molar-refractivity contribution in [1.29, 1.82) is 5.26 Å². The fourth-order valence-corrected chi connectivity index (χ4v) is 1.87. The van der Waals surface area contributed by atoms with Crippen molar-refractivity contribution in [1.82, 2.24) is 0 Å². The van der Waals surface area contributed by atoms with E-state index in [1.165, 1.54) is 11.1 Å². The monoisotopic (exact) mass is 236 g/mol. The lowest BCUT2D eigenvalue weighted by molar-refractivity contribution is 0.922. The SMILES string of the molecule is Cc1ccc(CN(C)c2cccc(C#N)c2)cc1. The summed E-state index contributed by atoms with van der Waals surface area (Å²) in [6, 6.07) is 18.4. The number of anilines is 1. The molecule has 0 atom stereocenters. The zero-order chi connectivity index (χ0) is 13.0. The quantitative estimate of drug-likeness (QED) is 0.815. The molecule has 0 aromatic heterocycles. The molecule has 0 fully saturated rings. The number of rotatable bonds is 3. The van der Waals surface area contributed by atoms with Crippen LogP contribution in [-0.2, 0) is 6.54 Å². The summed E-state index contributed by atoms with van der Waals surface area (Å²) >= 11 is 0. The Morgan fingerprint density at radius 3 is 2.50 bits per heavy atom. The molecule has 2 aromatic carbocycles. The lowest BCUT2D eigenvalue weighted by atomic mass is 10.1. The third-order valence-electron chi connectivity index (χ3n) is 2.96. The van der Waals surface area contributed by atoms with Crippen molar-refractivity contribution in [3.8, 4) is 6.07 Å². The maximum Gasteiger partial charge on any atom is 0.0992 e. The number of hydrogen-bond acceptors (Lipinski definition) is 2. The highest BCUT2D eigenvalue weighted by Crippen LogP contribution is 2.17. The molecular formula is C16H16N2. The summed E-state index contributed by atoms with van der Waals surface area (Å²) in [6.07, 6.45) is 0. The fraction of sp³-hybridized carbons (Fsp3) is 0.188. The van der Waals surface area contributed by atoms with E-state index in [0.717, 1.165) is 12.2 Å². The normalized spacial score (nSPS) is 9.83. The largest absolute Gasteiger partial charge is 0.370 e. The van der Waals surface area contributed by atoms with Crippen LogP contribution in [0.1, 0.15) is 16.7 Å². The first-order valence-corrected chi connectivity index (χ1v) is 5.96. The maximum absolute atomic E-state index is 8.90. The molecule has 0 bridgehead atoms. The van der Waals surface area contributed by atoms with Gasteiger partial charge in [0.25, 0.3) is 0 Å². The predicted octanol–water partition coefficient (Wildman–Crippen LogP) is 3.50. The van der Waals surface area contributed by atoms with Crippen molar-refractivity contribution >= 4 is 5.69 Å². The summed E-state index contributed by atoms with van der Waals surface area (Å²) < 4.78 is 0. The smallest absolute Gasteiger partial charge is 0.0992 e. The summed E-state index contributed by atoms with van der Waals surface area (Å²) in [5, 5.41) is 8.90. The van der Waals surface area contributed by atoms with Crippen LogP contribution in [0.4, 0.5) is 5.69 Å². The highest BCUT2D eigenvalue weighted by atomic mass is 15.1. The first-order chi connectivity index (χ1) is 8.69. The van der Waals surface area contributed by atoms with E-state index in [9.17, 15) is 0 Å². The van der Waals surface area contributed by atoms with Crippen molar-refractivity contribution in [2.24, 2.45) is 0 Å². The van der Waals surface area contributed by atoms with E-state index in [4.69, 9.17) is 5.26 Å². The van der Waals surface area contributed by atoms with E-state index in [1.807, 2.05) is 31.3 Å². The third kappa shape index (κ3) is 2.89. The van der Waals surface area contributed by atoms with Crippen LogP contribution in [0, 0.1) is 18.3 Å². The number of hydrogen-bond donors (Lipinski definition) is 0. The van der Waals surface area contributed by atoms with E-state index in [1.54, 1.807) is 0 Å². The van der Waals surface area contributed by atoms with Gasteiger partial charge in [-0.15, -0.1) is 0 Å². The molecule has 0 aliphatic heterocycles. The van der Waals surface area contributed by atoms with E-state index >= 15 is 0 Å². The van der Waals surface area contributed by atoms with Gasteiger partial charge in [0, 0.05) is 19.3 Å². The van der Waals surface area contributed by atoms with Gasteiger partial charge in [-0.3, -0.25) is 0 Å². The first kappa shape index (κ1) is 12.2. The molecule has 2 heteroatoms. The lowest BCUT2D eigenvalue weighted by Crippen LogP contribution is -2.16. The number of benzene rings is 2. The van der Waals surface area contributed by atoms with Crippen molar-refractivity contribution in [3.63, 3.8) is 0 Å². The van der Waals surface area contributed by atoms with Gasteiger partial charge >= 0.3 is 0 Å². The molecule has 0 amide bonds. The number of nitrogens with zero attached hydrogens (tertiary/aromatic N) is 2. The molecule has 18 heavy (non-hydrogen) atoms. The van der Waals surface area contributed by atoms with Gasteiger partial charge in [-0.25, -0.2) is 0 Å². The van der Waals surface area contributed by atoms with Crippen molar-refractivity contribution in [3.05, 3.63) is 65.2 Å². The van der Waals surface area contributed by atoms with Gasteiger partial charge in [0.15, 0.2) is 0 Å². The minimum absolute atomic E-state index is 0.697. The number of aryl methyl sites for hydroxylation is 1. The molecule has 2 aromatic rings. The van der Waals surface area contributed by atoms with Crippen LogP contribution in [-0.4, -0.2) is 7.05 Å². The molecule has 0 heterocycles. The summed E-state index contributed by atoms with van der Waals surface area (Å²) in [7, 11) is 2.04. The maximum atomic E-state index is 8.90. The third-order valence-corrected chi connectivity index (χ3v) is 2.96. The number of nitriles is 1. The first-order valence-electron chi connectivity index (χ1n) is 5.96. The molecule has 0 radical (unpaired) electrons. The Labute approximate surface area is 108 Å². The summed E-state index contributed by atoms with van der Waals surface area (Å²) in [5.74, 6) is 0. The summed E-state index contributed by atoms with van der Waals surface area (Å²) in [4.78, 5) is 2.14. The molecule has 2 nitrogen and oxygen atoms in total. The molecule has 0 N–H and O–H groups in total. The summed E-state index contributed by atoms with van der Waals surface area (Å²) in [5.41, 5.74) is 4.30. The van der Waals surface area contributed by atoms with Gasteiger partial charge in [-0.05, 0) is 30.7 Å². The van der Waals surface area contributed by atoms with Crippen LogP contribution >= 0.6 is 0 Å². The van der Waals surface area contributed by atoms with E-state index < -0.39 is 0 Å². The van der Waals surface area contributed by atoms with Crippen molar-refractivity contribution < 1.29 is 0 Å². The highest BCUT2D eigenvalue weighted by Gasteiger charge is 2.02. The molecule has 90 valence electrons. The predicted molar refractivity (Wildman–Crippen MR) is 74.4 cm³/mol. The van der Waals surface area contributed by atoms with Gasteiger partial charge < -0.3 is 4.90 Å². The van der Waals surface area contributed by atoms with E-state index in [0.29, 0.717) is 5.56 Å². The Hall–Kier alpha value is -2.27. The Morgan fingerprint density at radius 1 is 1.11 bits per heavy atom. The van der Waals surface area contributed by atoms with Gasteiger partial charge in [0.2, 0.25) is 0 Å². The highest BCUT2D eigenvalue weighted by molar-refractivity contribution is 5.51. The Bertz CT molecular complexity index is 564. The molecule has 0 unspecified atom stereocenters. The zero-order valence-corrected chi connectivity index (χ0v) is 10.7. The second-order valence-corrected chi connectivity index (χ2v) is 4.50. The van der Waals surface area contributed by atoms with Crippen LogP contribution < -0.4 is 4.90 Å². The molecule has 0 aliphatic rings. The van der Waals surface area contributed by atoms with Crippen molar-refractivity contribution in [2.75, 3.05) is 11.9 Å². The van der Waals surface area contributed by atoms with Crippen LogP contribution in [0.25, 0.3) is 0 Å².